The summed E-state index contributed by atoms with van der Waals surface area (Å²) in [4.78, 5) is 3.90. The molecule has 0 aliphatic rings. The fraction of sp³-hybridized carbons (Fsp3) is 0.125. The zero-order chi connectivity index (χ0) is 8.27. The lowest BCUT2D eigenvalue weighted by Gasteiger charge is -2.03. The van der Waals surface area contributed by atoms with Crippen molar-refractivity contribution in [3.63, 3.8) is 0 Å². The first kappa shape index (κ1) is 7.75. The number of pyridine rings is 1. The molecule has 1 unspecified atom stereocenters. The summed E-state index contributed by atoms with van der Waals surface area (Å²) in [5.41, 5.74) is 6.29. The molecular weight excluding hydrogens is 140 g/mol. The highest BCUT2D eigenvalue weighted by Gasteiger charge is 2.00. The van der Waals surface area contributed by atoms with Crippen molar-refractivity contribution in [2.75, 3.05) is 0 Å². The summed E-state index contributed by atoms with van der Waals surface area (Å²) in [5, 5.41) is 8.88. The fourth-order valence-corrected chi connectivity index (χ4v) is 0.715. The molecule has 3 nitrogen and oxygen atoms in total. The lowest BCUT2D eigenvalue weighted by Crippen LogP contribution is -2.07. The largest absolute Gasteiger partial charge is 0.506 e. The van der Waals surface area contributed by atoms with Crippen molar-refractivity contribution in [1.82, 2.24) is 4.98 Å². The normalized spacial score (nSPS) is 12.5. The van der Waals surface area contributed by atoms with Crippen LogP contribution < -0.4 is 5.73 Å². The third-order valence-corrected chi connectivity index (χ3v) is 1.37. The summed E-state index contributed by atoms with van der Waals surface area (Å²) in [6, 6.07) is 2.96. The maximum absolute atomic E-state index is 8.88. The Balaban J connectivity index is 2.89. The van der Waals surface area contributed by atoms with E-state index < -0.39 is 0 Å². The maximum Gasteiger partial charge on any atom is 0.133 e. The zero-order valence-electron chi connectivity index (χ0n) is 6.07. The van der Waals surface area contributed by atoms with Gasteiger partial charge in [-0.3, -0.25) is 4.98 Å². The van der Waals surface area contributed by atoms with E-state index in [9.17, 15) is 0 Å². The molecule has 58 valence electrons. The number of nitrogens with two attached hydrogens (primary N) is 1. The average Bonchev–Trinajstić information content (AvgIpc) is 2.05. The summed E-state index contributed by atoms with van der Waals surface area (Å²) in [6.07, 6.45) is 2.96. The smallest absolute Gasteiger partial charge is 0.133 e. The summed E-state index contributed by atoms with van der Waals surface area (Å²) < 4.78 is 0. The van der Waals surface area contributed by atoms with E-state index in [1.54, 1.807) is 18.2 Å². The first-order chi connectivity index (χ1) is 5.24. The van der Waals surface area contributed by atoms with Gasteiger partial charge in [0.25, 0.3) is 0 Å². The van der Waals surface area contributed by atoms with Gasteiger partial charge >= 0.3 is 0 Å². The van der Waals surface area contributed by atoms with E-state index in [2.05, 4.69) is 11.6 Å². The average molecular weight is 150 g/mol. The van der Waals surface area contributed by atoms with Crippen molar-refractivity contribution < 1.29 is 5.11 Å². The Hall–Kier alpha value is -1.35. The molecule has 0 saturated heterocycles. The molecule has 3 N–H and O–H groups in total. The number of rotatable bonds is 2. The highest BCUT2D eigenvalue weighted by molar-refractivity contribution is 5.21. The minimum absolute atomic E-state index is 0.144. The SMILES string of the molecule is C=CC(N)c1ccc(O)cn1. The maximum atomic E-state index is 8.88. The van der Waals surface area contributed by atoms with Crippen LogP contribution in [0.1, 0.15) is 11.7 Å². The molecule has 0 fully saturated rings. The summed E-state index contributed by atoms with van der Waals surface area (Å²) in [7, 11) is 0. The van der Waals surface area contributed by atoms with Gasteiger partial charge < -0.3 is 10.8 Å². The molecule has 1 aromatic heterocycles. The van der Waals surface area contributed by atoms with E-state index in [-0.39, 0.29) is 11.8 Å². The molecule has 1 rings (SSSR count). The van der Waals surface area contributed by atoms with Gasteiger partial charge in [-0.25, -0.2) is 0 Å². The van der Waals surface area contributed by atoms with E-state index in [1.165, 1.54) is 6.20 Å². The van der Waals surface area contributed by atoms with E-state index in [1.807, 2.05) is 0 Å². The van der Waals surface area contributed by atoms with Crippen molar-refractivity contribution in [2.45, 2.75) is 6.04 Å². The van der Waals surface area contributed by atoms with Crippen LogP contribution in [0.15, 0.2) is 31.0 Å². The van der Waals surface area contributed by atoms with Gasteiger partial charge in [-0.15, -0.1) is 6.58 Å². The Morgan fingerprint density at radius 2 is 2.36 bits per heavy atom. The van der Waals surface area contributed by atoms with Crippen LogP contribution >= 0.6 is 0 Å². The molecule has 0 saturated carbocycles. The van der Waals surface area contributed by atoms with Crippen LogP contribution in [0, 0.1) is 0 Å². The molecule has 1 atom stereocenters. The molecule has 0 amide bonds. The number of hydrogen-bond donors (Lipinski definition) is 2. The van der Waals surface area contributed by atoms with Crippen molar-refractivity contribution in [1.29, 1.82) is 0 Å². The molecule has 0 spiro atoms. The highest BCUT2D eigenvalue weighted by Crippen LogP contribution is 2.11. The number of nitrogens with zero attached hydrogens (tertiary/aromatic N) is 1. The van der Waals surface area contributed by atoms with Crippen LogP contribution in [0.3, 0.4) is 0 Å². The predicted molar refractivity (Wildman–Crippen MR) is 43.0 cm³/mol. The molecule has 1 aromatic rings. The van der Waals surface area contributed by atoms with Gasteiger partial charge in [0, 0.05) is 0 Å². The quantitative estimate of drug-likeness (QED) is 0.617. The van der Waals surface area contributed by atoms with Crippen LogP contribution in [0.5, 0.6) is 5.75 Å². The van der Waals surface area contributed by atoms with E-state index in [4.69, 9.17) is 10.8 Å². The Labute approximate surface area is 65.2 Å². The van der Waals surface area contributed by atoms with E-state index in [0.717, 1.165) is 0 Å². The molecule has 0 aromatic carbocycles. The van der Waals surface area contributed by atoms with E-state index >= 15 is 0 Å². The molecule has 3 heteroatoms. The first-order valence-corrected chi connectivity index (χ1v) is 3.27. The Morgan fingerprint density at radius 1 is 1.64 bits per heavy atom. The van der Waals surface area contributed by atoms with Gasteiger partial charge in [0.15, 0.2) is 0 Å². The van der Waals surface area contributed by atoms with Crippen LogP contribution in [-0.2, 0) is 0 Å². The third-order valence-electron chi connectivity index (χ3n) is 1.37. The van der Waals surface area contributed by atoms with Crippen molar-refractivity contribution >= 4 is 0 Å². The molecular formula is C8H10N2O. The second-order valence-corrected chi connectivity index (χ2v) is 2.20. The van der Waals surface area contributed by atoms with E-state index in [0.29, 0.717) is 5.69 Å². The van der Waals surface area contributed by atoms with Crippen molar-refractivity contribution in [2.24, 2.45) is 5.73 Å². The van der Waals surface area contributed by atoms with Crippen LogP contribution in [0.25, 0.3) is 0 Å². The summed E-state index contributed by atoms with van der Waals surface area (Å²) in [6.45, 7) is 3.53. The number of hydrogen-bond acceptors (Lipinski definition) is 3. The molecule has 0 aliphatic carbocycles. The van der Waals surface area contributed by atoms with Crippen LogP contribution in [0.2, 0.25) is 0 Å². The van der Waals surface area contributed by atoms with Crippen molar-refractivity contribution in [3.8, 4) is 5.75 Å². The van der Waals surface area contributed by atoms with Crippen LogP contribution in [-0.4, -0.2) is 10.1 Å². The minimum Gasteiger partial charge on any atom is -0.506 e. The number of aromatic nitrogens is 1. The Bertz CT molecular complexity index is 243. The highest BCUT2D eigenvalue weighted by atomic mass is 16.3. The fourth-order valence-electron chi connectivity index (χ4n) is 0.715. The van der Waals surface area contributed by atoms with Gasteiger partial charge in [0.05, 0.1) is 17.9 Å². The van der Waals surface area contributed by atoms with Gasteiger partial charge in [0.2, 0.25) is 0 Å². The number of aromatic hydroxyl groups is 1. The van der Waals surface area contributed by atoms with Crippen molar-refractivity contribution in [3.05, 3.63) is 36.7 Å². The zero-order valence-corrected chi connectivity index (χ0v) is 6.07. The predicted octanol–water partition coefficient (Wildman–Crippen LogP) is 0.973. The monoisotopic (exact) mass is 150 g/mol. The molecule has 11 heavy (non-hydrogen) atoms. The summed E-state index contributed by atoms with van der Waals surface area (Å²) in [5.74, 6) is 0.144. The topological polar surface area (TPSA) is 59.1 Å². The van der Waals surface area contributed by atoms with Gasteiger partial charge in [-0.2, -0.15) is 0 Å². The molecule has 0 bridgehead atoms. The van der Waals surface area contributed by atoms with Gasteiger partial charge in [-0.1, -0.05) is 6.08 Å². The molecule has 1 heterocycles. The Kier molecular flexibility index (Phi) is 2.23. The molecule has 0 radical (unpaired) electrons. The standard InChI is InChI=1S/C8H10N2O/c1-2-7(9)8-4-3-6(11)5-10-8/h2-5,7,11H,1,9H2. The van der Waals surface area contributed by atoms with Gasteiger partial charge in [0.1, 0.15) is 5.75 Å². The third kappa shape index (κ3) is 1.78. The van der Waals surface area contributed by atoms with Gasteiger partial charge in [-0.05, 0) is 12.1 Å². The first-order valence-electron chi connectivity index (χ1n) is 3.27. The lowest BCUT2D eigenvalue weighted by atomic mass is 10.2. The second-order valence-electron chi connectivity index (χ2n) is 2.20. The van der Waals surface area contributed by atoms with Crippen LogP contribution in [0.4, 0.5) is 0 Å². The Morgan fingerprint density at radius 3 is 2.82 bits per heavy atom. The minimum atomic E-state index is -0.254. The summed E-state index contributed by atoms with van der Waals surface area (Å²) >= 11 is 0. The lowest BCUT2D eigenvalue weighted by molar-refractivity contribution is 0.472. The molecule has 0 aliphatic heterocycles. The second kappa shape index (κ2) is 3.16.